The highest BCUT2D eigenvalue weighted by Gasteiger charge is 2.31. The summed E-state index contributed by atoms with van der Waals surface area (Å²) in [6.07, 6.45) is 0. The molecule has 0 saturated carbocycles. The molecule has 7 aromatic rings. The molecule has 52 heavy (non-hydrogen) atoms. The minimum atomic E-state index is -0.858. The highest BCUT2D eigenvalue weighted by Crippen LogP contribution is 2.42. The summed E-state index contributed by atoms with van der Waals surface area (Å²) in [5.41, 5.74) is 6.79. The Labute approximate surface area is 313 Å². The third-order valence-corrected chi connectivity index (χ3v) is 9.34. The van der Waals surface area contributed by atoms with Crippen LogP contribution in [0.1, 0.15) is 30.9 Å². The number of para-hydroxylation sites is 4. The predicted octanol–water partition coefficient (Wildman–Crippen LogP) is 12.3. The lowest BCUT2D eigenvalue weighted by Gasteiger charge is -2.31. The maximum absolute atomic E-state index is 15.5. The normalized spacial score (nSPS) is 11.2. The van der Waals surface area contributed by atoms with E-state index in [1.807, 2.05) is 159 Å². The molecule has 8 heteroatoms. The van der Waals surface area contributed by atoms with E-state index in [-0.39, 0.29) is 5.56 Å². The van der Waals surface area contributed by atoms with E-state index in [2.05, 4.69) is 22.4 Å². The van der Waals surface area contributed by atoms with Gasteiger partial charge in [0.2, 0.25) is 0 Å². The molecule has 7 rings (SSSR count). The molecule has 0 N–H and O–H groups in total. The third-order valence-electron chi connectivity index (χ3n) is 8.90. The number of pyridine rings is 2. The Morgan fingerprint density at radius 1 is 0.538 bits per heavy atom. The van der Waals surface area contributed by atoms with Crippen molar-refractivity contribution in [3.63, 3.8) is 0 Å². The first-order valence-electron chi connectivity index (χ1n) is 16.7. The fourth-order valence-corrected chi connectivity index (χ4v) is 6.43. The zero-order valence-electron chi connectivity index (χ0n) is 28.5. The number of nitrogens with zero attached hydrogens (tertiary/aromatic N) is 4. The highest BCUT2D eigenvalue weighted by atomic mass is 32.1. The molecule has 0 aliphatic heterocycles. The number of aromatic nitrogens is 2. The van der Waals surface area contributed by atoms with Crippen molar-refractivity contribution in [2.24, 2.45) is 0 Å². The molecule has 0 radical (unpaired) electrons. The molecule has 5 aromatic carbocycles. The van der Waals surface area contributed by atoms with Crippen LogP contribution in [-0.2, 0) is 5.41 Å². The van der Waals surface area contributed by atoms with Crippen LogP contribution in [0.2, 0.25) is 0 Å². The van der Waals surface area contributed by atoms with Gasteiger partial charge in [-0.2, -0.15) is 0 Å². The van der Waals surface area contributed by atoms with Crippen molar-refractivity contribution in [2.75, 3.05) is 9.80 Å². The molecule has 0 aliphatic rings. The van der Waals surface area contributed by atoms with Gasteiger partial charge in [0, 0.05) is 39.8 Å². The first kappa shape index (κ1) is 34.7. The maximum Gasteiger partial charge on any atom is 0.135 e. The standard InChI is InChI=1S/C44H34F2N4S2/c1-44(2,42-29-36(27-40(48-42)43(51)52)50(33-19-11-5-12-20-33)34-21-13-6-14-22-34)41-28-35(26-39(47-41)37-24-23-30(45)25-38(37)46)49(31-15-7-3-8-16-31)32-17-9-4-10-18-32/h3-29H,1-2H3,(H,51,52). The van der Waals surface area contributed by atoms with Crippen LogP contribution in [0, 0.1) is 11.6 Å². The van der Waals surface area contributed by atoms with Gasteiger partial charge in [0.1, 0.15) is 11.6 Å². The third kappa shape index (κ3) is 7.21. The van der Waals surface area contributed by atoms with Crippen LogP contribution in [0.25, 0.3) is 11.3 Å². The molecule has 256 valence electrons. The highest BCUT2D eigenvalue weighted by molar-refractivity contribution is 8.11. The Kier molecular flexibility index (Phi) is 9.94. The summed E-state index contributed by atoms with van der Waals surface area (Å²) < 4.78 is 30.0. The van der Waals surface area contributed by atoms with E-state index in [1.54, 1.807) is 0 Å². The molecule has 4 nitrogen and oxygen atoms in total. The fourth-order valence-electron chi connectivity index (χ4n) is 6.21. The lowest BCUT2D eigenvalue weighted by atomic mass is 9.83. The Morgan fingerprint density at radius 3 is 1.38 bits per heavy atom. The Balaban J connectivity index is 1.46. The minimum absolute atomic E-state index is 0.180. The first-order chi connectivity index (χ1) is 25.2. The molecule has 0 bridgehead atoms. The van der Waals surface area contributed by atoms with E-state index >= 15 is 4.39 Å². The summed E-state index contributed by atoms with van der Waals surface area (Å²) >= 11 is 10.2. The predicted molar refractivity (Wildman–Crippen MR) is 216 cm³/mol. The second-order valence-corrected chi connectivity index (χ2v) is 13.9. The van der Waals surface area contributed by atoms with Crippen molar-refractivity contribution < 1.29 is 8.78 Å². The van der Waals surface area contributed by atoms with Crippen LogP contribution in [0.3, 0.4) is 0 Å². The van der Waals surface area contributed by atoms with Gasteiger partial charge in [-0.15, -0.1) is 12.6 Å². The maximum atomic E-state index is 15.5. The molecule has 0 fully saturated rings. The second kappa shape index (κ2) is 14.9. The van der Waals surface area contributed by atoms with Crippen molar-refractivity contribution in [1.82, 2.24) is 9.97 Å². The van der Waals surface area contributed by atoms with Gasteiger partial charge in [-0.1, -0.05) is 85.0 Å². The number of anilines is 6. The van der Waals surface area contributed by atoms with E-state index in [0.29, 0.717) is 27.0 Å². The molecular weight excluding hydrogens is 687 g/mol. The Morgan fingerprint density at radius 2 is 0.962 bits per heavy atom. The van der Waals surface area contributed by atoms with Crippen molar-refractivity contribution in [3.05, 3.63) is 193 Å². The Hall–Kier alpha value is -5.70. The van der Waals surface area contributed by atoms with E-state index < -0.39 is 17.0 Å². The zero-order valence-corrected chi connectivity index (χ0v) is 30.2. The van der Waals surface area contributed by atoms with Crippen molar-refractivity contribution in [2.45, 2.75) is 19.3 Å². The van der Waals surface area contributed by atoms with Gasteiger partial charge in [0.25, 0.3) is 0 Å². The Bertz CT molecular complexity index is 2260. The summed E-state index contributed by atoms with van der Waals surface area (Å²) in [4.78, 5) is 14.4. The van der Waals surface area contributed by atoms with Crippen LogP contribution in [0.5, 0.6) is 0 Å². The number of halogens is 2. The first-order valence-corrected chi connectivity index (χ1v) is 17.6. The van der Waals surface area contributed by atoms with E-state index in [0.717, 1.165) is 40.2 Å². The lowest BCUT2D eigenvalue weighted by Crippen LogP contribution is -2.25. The number of hydrogen-bond acceptors (Lipinski definition) is 5. The summed E-state index contributed by atoms with van der Waals surface area (Å²) in [7, 11) is 0. The molecule has 0 aliphatic carbocycles. The fraction of sp³-hybridized carbons (Fsp3) is 0.0682. The average Bonchev–Trinajstić information content (AvgIpc) is 3.16. The van der Waals surface area contributed by atoms with Crippen molar-refractivity contribution in [1.29, 1.82) is 0 Å². The zero-order chi connectivity index (χ0) is 36.2. The molecule has 0 spiro atoms. The number of hydrogen-bond donors (Lipinski definition) is 1. The van der Waals surface area contributed by atoms with Gasteiger partial charge < -0.3 is 9.80 Å². The SMILES string of the molecule is CC(C)(c1cc(N(c2ccccc2)c2ccccc2)cc(C(=S)S)n1)c1cc(N(c2ccccc2)c2ccccc2)cc(-c2ccc(F)cc2F)n1. The smallest absolute Gasteiger partial charge is 0.135 e. The average molecular weight is 721 g/mol. The quantitative estimate of drug-likeness (QED) is 0.112. The summed E-state index contributed by atoms with van der Waals surface area (Å²) in [5, 5.41) is 0. The number of rotatable bonds is 10. The molecule has 2 heterocycles. The van der Waals surface area contributed by atoms with Crippen LogP contribution < -0.4 is 9.80 Å². The largest absolute Gasteiger partial charge is 0.310 e. The van der Waals surface area contributed by atoms with Gasteiger partial charge >= 0.3 is 0 Å². The van der Waals surface area contributed by atoms with Gasteiger partial charge in [0.05, 0.1) is 38.3 Å². The van der Waals surface area contributed by atoms with Gasteiger partial charge in [-0.25, -0.2) is 8.78 Å². The molecule has 2 aromatic heterocycles. The van der Waals surface area contributed by atoms with Crippen molar-refractivity contribution >= 4 is 63.2 Å². The van der Waals surface area contributed by atoms with E-state index in [4.69, 9.17) is 22.2 Å². The lowest BCUT2D eigenvalue weighted by molar-refractivity contribution is 0.583. The topological polar surface area (TPSA) is 32.3 Å². The van der Waals surface area contributed by atoms with Crippen molar-refractivity contribution in [3.8, 4) is 11.3 Å². The second-order valence-electron chi connectivity index (χ2n) is 12.8. The molecule has 0 unspecified atom stereocenters. The summed E-state index contributed by atoms with van der Waals surface area (Å²) in [6.45, 7) is 4.07. The van der Waals surface area contributed by atoms with Crippen LogP contribution in [-0.4, -0.2) is 14.2 Å². The number of benzene rings is 5. The minimum Gasteiger partial charge on any atom is -0.310 e. The molecule has 0 amide bonds. The molecule has 0 atom stereocenters. The summed E-state index contributed by atoms with van der Waals surface area (Å²) in [6, 6.07) is 51.4. The van der Waals surface area contributed by atoms with Gasteiger partial charge in [-0.3, -0.25) is 9.97 Å². The van der Waals surface area contributed by atoms with Gasteiger partial charge in [-0.05, 0) is 98.8 Å². The van der Waals surface area contributed by atoms with E-state index in [1.165, 1.54) is 12.1 Å². The van der Waals surface area contributed by atoms with Crippen LogP contribution >= 0.6 is 24.8 Å². The number of thiol groups is 1. The monoisotopic (exact) mass is 720 g/mol. The number of thiocarbonyl (C=S) groups is 1. The summed E-state index contributed by atoms with van der Waals surface area (Å²) in [5.74, 6) is -1.37. The molecule has 0 saturated heterocycles. The van der Waals surface area contributed by atoms with E-state index in [9.17, 15) is 4.39 Å². The van der Waals surface area contributed by atoms with Gasteiger partial charge in [0.15, 0.2) is 0 Å². The van der Waals surface area contributed by atoms with Crippen LogP contribution in [0.15, 0.2) is 164 Å². The van der Waals surface area contributed by atoms with Crippen LogP contribution in [0.4, 0.5) is 42.9 Å². The molecular formula is C44H34F2N4S2.